The van der Waals surface area contributed by atoms with E-state index in [0.717, 1.165) is 11.3 Å². The van der Waals surface area contributed by atoms with Crippen LogP contribution < -0.4 is 10.6 Å². The van der Waals surface area contributed by atoms with E-state index in [1.54, 1.807) is 6.07 Å². The van der Waals surface area contributed by atoms with Crippen LogP contribution in [-0.4, -0.2) is 49.6 Å². The van der Waals surface area contributed by atoms with Gasteiger partial charge < -0.3 is 10.6 Å². The number of aryl methyl sites for hydroxylation is 1. The second-order valence-corrected chi connectivity index (χ2v) is 5.26. The molecule has 0 amide bonds. The molecule has 1 aromatic rings. The molecule has 1 aliphatic rings. The molecule has 0 aromatic heterocycles. The molecule has 2 rings (SSSR count). The number of rotatable bonds is 3. The van der Waals surface area contributed by atoms with Gasteiger partial charge in [-0.25, -0.2) is 0 Å². The Balaban J connectivity index is 2.11. The molecule has 0 saturated carbocycles. The molecule has 0 aliphatic carbocycles. The van der Waals surface area contributed by atoms with Crippen molar-refractivity contribution in [2.75, 3.05) is 37.6 Å². The smallest absolute Gasteiger partial charge is 0.384 e. The zero-order valence-electron chi connectivity index (χ0n) is 11.9. The Bertz CT molecular complexity index is 519. The van der Waals surface area contributed by atoms with Crippen LogP contribution in [0.5, 0.6) is 0 Å². The number of anilines is 1. The number of nitrogen functional groups attached to an aromatic ring is 1. The van der Waals surface area contributed by atoms with E-state index >= 15 is 0 Å². The van der Waals surface area contributed by atoms with Gasteiger partial charge in [0.1, 0.15) is 5.84 Å². The van der Waals surface area contributed by atoms with Gasteiger partial charge in [-0.2, -0.15) is 13.2 Å². The summed E-state index contributed by atoms with van der Waals surface area (Å²) in [4.78, 5) is 3.42. The lowest BCUT2D eigenvalue weighted by atomic mass is 10.0. The maximum absolute atomic E-state index is 12.4. The lowest BCUT2D eigenvalue weighted by Gasteiger charge is -2.37. The van der Waals surface area contributed by atoms with Gasteiger partial charge in [-0.1, -0.05) is 12.1 Å². The van der Waals surface area contributed by atoms with Crippen LogP contribution in [-0.2, 0) is 0 Å². The minimum atomic E-state index is -4.16. The van der Waals surface area contributed by atoms with Gasteiger partial charge in [-0.05, 0) is 18.6 Å². The minimum absolute atomic E-state index is 0.0218. The minimum Gasteiger partial charge on any atom is -0.384 e. The number of amidine groups is 1. The number of hydrogen-bond acceptors (Lipinski definition) is 3. The standard InChI is InChI=1S/C14H19F3N4/c1-10-3-2-4-11(13(18)19)12(10)21-7-5-20(6-8-21)9-14(15,16)17/h2-4H,5-9H2,1H3,(H3,18,19). The molecule has 1 fully saturated rings. The van der Waals surface area contributed by atoms with Crippen molar-refractivity contribution in [1.82, 2.24) is 4.90 Å². The Morgan fingerprint density at radius 2 is 1.86 bits per heavy atom. The highest BCUT2D eigenvalue weighted by molar-refractivity contribution is 6.01. The average Bonchev–Trinajstić information content (AvgIpc) is 2.37. The maximum Gasteiger partial charge on any atom is 0.401 e. The zero-order valence-corrected chi connectivity index (χ0v) is 11.9. The van der Waals surface area contributed by atoms with Crippen LogP contribution in [0.25, 0.3) is 0 Å². The van der Waals surface area contributed by atoms with Gasteiger partial charge in [0, 0.05) is 31.7 Å². The van der Waals surface area contributed by atoms with Crippen molar-refractivity contribution in [2.24, 2.45) is 5.73 Å². The molecule has 7 heteroatoms. The van der Waals surface area contributed by atoms with Gasteiger partial charge in [-0.15, -0.1) is 0 Å². The summed E-state index contributed by atoms with van der Waals surface area (Å²) in [6, 6.07) is 5.52. The number of benzene rings is 1. The predicted molar refractivity (Wildman–Crippen MR) is 76.9 cm³/mol. The Kier molecular flexibility index (Phi) is 4.41. The highest BCUT2D eigenvalue weighted by Gasteiger charge is 2.32. The molecule has 0 radical (unpaired) electrons. The molecule has 3 N–H and O–H groups in total. The summed E-state index contributed by atoms with van der Waals surface area (Å²) in [7, 11) is 0. The first-order chi connectivity index (χ1) is 9.78. The third-order valence-corrected chi connectivity index (χ3v) is 3.62. The average molecular weight is 300 g/mol. The fourth-order valence-corrected chi connectivity index (χ4v) is 2.68. The van der Waals surface area contributed by atoms with Gasteiger partial charge in [0.2, 0.25) is 0 Å². The number of nitrogens with two attached hydrogens (primary N) is 1. The molecule has 21 heavy (non-hydrogen) atoms. The second kappa shape index (κ2) is 5.93. The van der Waals surface area contributed by atoms with E-state index in [2.05, 4.69) is 0 Å². The number of para-hydroxylation sites is 1. The molecule has 1 heterocycles. The number of hydrogen-bond donors (Lipinski definition) is 2. The summed E-state index contributed by atoms with van der Waals surface area (Å²) in [5.41, 5.74) is 8.07. The topological polar surface area (TPSA) is 56.4 Å². The molecule has 0 bridgehead atoms. The van der Waals surface area contributed by atoms with Crippen LogP contribution in [0.1, 0.15) is 11.1 Å². The fraction of sp³-hybridized carbons (Fsp3) is 0.500. The Hall–Kier alpha value is -1.76. The summed E-state index contributed by atoms with van der Waals surface area (Å²) in [5.74, 6) is -0.0218. The monoisotopic (exact) mass is 300 g/mol. The second-order valence-electron chi connectivity index (χ2n) is 5.26. The highest BCUT2D eigenvalue weighted by Crippen LogP contribution is 2.26. The SMILES string of the molecule is Cc1cccc(C(=N)N)c1N1CCN(CC(F)(F)F)CC1. The van der Waals surface area contributed by atoms with Gasteiger partial charge >= 0.3 is 6.18 Å². The number of nitrogens with one attached hydrogen (secondary N) is 1. The van der Waals surface area contributed by atoms with Gasteiger partial charge in [0.15, 0.2) is 0 Å². The van der Waals surface area contributed by atoms with Crippen molar-refractivity contribution >= 4 is 11.5 Å². The quantitative estimate of drug-likeness (QED) is 0.663. The maximum atomic E-state index is 12.4. The van der Waals surface area contributed by atoms with E-state index in [1.165, 1.54) is 4.90 Å². The van der Waals surface area contributed by atoms with Crippen molar-refractivity contribution in [1.29, 1.82) is 5.41 Å². The van der Waals surface area contributed by atoms with Crippen molar-refractivity contribution in [3.05, 3.63) is 29.3 Å². The number of nitrogens with zero attached hydrogens (tertiary/aromatic N) is 2. The third kappa shape index (κ3) is 3.87. The molecule has 1 saturated heterocycles. The Labute approximate surface area is 121 Å². The van der Waals surface area contributed by atoms with E-state index in [-0.39, 0.29) is 5.84 Å². The van der Waals surface area contributed by atoms with Crippen molar-refractivity contribution < 1.29 is 13.2 Å². The number of halogens is 3. The molecule has 116 valence electrons. The van der Waals surface area contributed by atoms with Crippen LogP contribution in [0, 0.1) is 12.3 Å². The summed E-state index contributed by atoms with van der Waals surface area (Å²) in [6.07, 6.45) is -4.16. The molecule has 0 spiro atoms. The molecule has 4 nitrogen and oxygen atoms in total. The summed E-state index contributed by atoms with van der Waals surface area (Å²) in [5, 5.41) is 7.64. The van der Waals surface area contributed by atoms with Gasteiger partial charge in [0.05, 0.1) is 12.2 Å². The first-order valence-corrected chi connectivity index (χ1v) is 6.76. The van der Waals surface area contributed by atoms with E-state index in [4.69, 9.17) is 11.1 Å². The lowest BCUT2D eigenvalue weighted by Crippen LogP contribution is -2.49. The summed E-state index contributed by atoms with van der Waals surface area (Å²) < 4.78 is 37.2. The van der Waals surface area contributed by atoms with Crippen LogP contribution in [0.2, 0.25) is 0 Å². The van der Waals surface area contributed by atoms with E-state index in [9.17, 15) is 13.2 Å². The first-order valence-electron chi connectivity index (χ1n) is 6.76. The number of alkyl halides is 3. The van der Waals surface area contributed by atoms with E-state index in [1.807, 2.05) is 24.0 Å². The normalized spacial score (nSPS) is 17.0. The number of piperazine rings is 1. The Morgan fingerprint density at radius 3 is 2.38 bits per heavy atom. The Morgan fingerprint density at radius 1 is 1.24 bits per heavy atom. The molecule has 1 aliphatic heterocycles. The van der Waals surface area contributed by atoms with E-state index in [0.29, 0.717) is 31.7 Å². The summed E-state index contributed by atoms with van der Waals surface area (Å²) >= 11 is 0. The molecule has 0 unspecified atom stereocenters. The van der Waals surface area contributed by atoms with Crippen molar-refractivity contribution in [3.8, 4) is 0 Å². The molecular formula is C14H19F3N4. The van der Waals surface area contributed by atoms with Crippen LogP contribution in [0.15, 0.2) is 18.2 Å². The van der Waals surface area contributed by atoms with Crippen LogP contribution in [0.4, 0.5) is 18.9 Å². The predicted octanol–water partition coefficient (Wildman–Crippen LogP) is 1.96. The van der Waals surface area contributed by atoms with Crippen LogP contribution in [0.3, 0.4) is 0 Å². The molecular weight excluding hydrogens is 281 g/mol. The fourth-order valence-electron chi connectivity index (χ4n) is 2.68. The molecule has 1 aromatic carbocycles. The van der Waals surface area contributed by atoms with E-state index < -0.39 is 12.7 Å². The highest BCUT2D eigenvalue weighted by atomic mass is 19.4. The first kappa shape index (κ1) is 15.6. The van der Waals surface area contributed by atoms with Crippen LogP contribution >= 0.6 is 0 Å². The van der Waals surface area contributed by atoms with Crippen molar-refractivity contribution in [2.45, 2.75) is 13.1 Å². The summed E-state index contributed by atoms with van der Waals surface area (Å²) in [6.45, 7) is 2.76. The zero-order chi connectivity index (χ0) is 15.6. The van der Waals surface area contributed by atoms with Gasteiger partial charge in [0.25, 0.3) is 0 Å². The largest absolute Gasteiger partial charge is 0.401 e. The lowest BCUT2D eigenvalue weighted by molar-refractivity contribution is -0.146. The molecule has 0 atom stereocenters. The van der Waals surface area contributed by atoms with Crippen molar-refractivity contribution in [3.63, 3.8) is 0 Å². The third-order valence-electron chi connectivity index (χ3n) is 3.62. The van der Waals surface area contributed by atoms with Gasteiger partial charge in [-0.3, -0.25) is 10.3 Å².